The van der Waals surface area contributed by atoms with Crippen molar-refractivity contribution in [2.45, 2.75) is 6.92 Å². The first-order chi connectivity index (χ1) is 9.63. The number of aryl methyl sites for hydroxylation is 1. The molecule has 0 amide bonds. The van der Waals surface area contributed by atoms with Crippen molar-refractivity contribution in [3.05, 3.63) is 59.2 Å². The van der Waals surface area contributed by atoms with Gasteiger partial charge in [-0.05, 0) is 37.3 Å². The first-order valence-electron chi connectivity index (χ1n) is 6.22. The molecule has 2 N–H and O–H groups in total. The van der Waals surface area contributed by atoms with Gasteiger partial charge in [-0.2, -0.15) is 0 Å². The van der Waals surface area contributed by atoms with E-state index in [1.807, 2.05) is 49.4 Å². The van der Waals surface area contributed by atoms with E-state index in [2.05, 4.69) is 4.98 Å². The van der Waals surface area contributed by atoms with E-state index in [0.717, 1.165) is 16.7 Å². The van der Waals surface area contributed by atoms with E-state index in [1.165, 1.54) is 5.56 Å². The van der Waals surface area contributed by atoms with E-state index >= 15 is 0 Å². The molecule has 0 saturated heterocycles. The number of benzene rings is 2. The molecule has 0 spiro atoms. The minimum Gasteiger partial charge on any atom is -0.457 e. The van der Waals surface area contributed by atoms with Crippen molar-refractivity contribution < 1.29 is 4.74 Å². The van der Waals surface area contributed by atoms with E-state index in [0.29, 0.717) is 16.5 Å². The molecule has 0 unspecified atom stereocenters. The first kappa shape index (κ1) is 12.8. The van der Waals surface area contributed by atoms with Crippen LogP contribution in [0.3, 0.4) is 0 Å². The lowest BCUT2D eigenvalue weighted by Gasteiger charge is -2.08. The fourth-order valence-corrected chi connectivity index (χ4v) is 2.16. The largest absolute Gasteiger partial charge is 0.457 e. The Bertz CT molecular complexity index is 769. The Balaban J connectivity index is 2.00. The van der Waals surface area contributed by atoms with Crippen LogP contribution in [0.5, 0.6) is 11.5 Å². The SMILES string of the molecule is Cc1ccc(Oc2ccc3ncc(N)c(Cl)c3c2)cc1. The molecule has 4 heteroatoms. The summed E-state index contributed by atoms with van der Waals surface area (Å²) in [5.41, 5.74) is 8.22. The summed E-state index contributed by atoms with van der Waals surface area (Å²) >= 11 is 6.20. The van der Waals surface area contributed by atoms with Crippen molar-refractivity contribution in [3.63, 3.8) is 0 Å². The van der Waals surface area contributed by atoms with Gasteiger partial charge in [0.15, 0.2) is 0 Å². The average Bonchev–Trinajstić information content (AvgIpc) is 2.46. The second-order valence-corrected chi connectivity index (χ2v) is 5.00. The number of pyridine rings is 1. The molecule has 0 aliphatic heterocycles. The number of anilines is 1. The third-order valence-corrected chi connectivity index (χ3v) is 3.48. The van der Waals surface area contributed by atoms with E-state index < -0.39 is 0 Å². The van der Waals surface area contributed by atoms with Crippen LogP contribution in [0, 0.1) is 6.92 Å². The quantitative estimate of drug-likeness (QED) is 0.750. The van der Waals surface area contributed by atoms with E-state index in [4.69, 9.17) is 22.1 Å². The van der Waals surface area contributed by atoms with Crippen LogP contribution in [0.2, 0.25) is 5.02 Å². The molecule has 100 valence electrons. The molecule has 0 fully saturated rings. The molecule has 3 nitrogen and oxygen atoms in total. The zero-order valence-electron chi connectivity index (χ0n) is 10.9. The summed E-state index contributed by atoms with van der Waals surface area (Å²) in [6.45, 7) is 2.04. The fourth-order valence-electron chi connectivity index (χ4n) is 1.96. The summed E-state index contributed by atoms with van der Waals surface area (Å²) in [4.78, 5) is 4.24. The van der Waals surface area contributed by atoms with Crippen LogP contribution in [0.4, 0.5) is 5.69 Å². The molecule has 0 atom stereocenters. The maximum Gasteiger partial charge on any atom is 0.128 e. The van der Waals surface area contributed by atoms with Gasteiger partial charge in [0.25, 0.3) is 0 Å². The van der Waals surface area contributed by atoms with Gasteiger partial charge < -0.3 is 10.5 Å². The van der Waals surface area contributed by atoms with Crippen LogP contribution < -0.4 is 10.5 Å². The minimum absolute atomic E-state index is 0.464. The van der Waals surface area contributed by atoms with Crippen molar-refractivity contribution in [3.8, 4) is 11.5 Å². The van der Waals surface area contributed by atoms with Crippen molar-refractivity contribution >= 4 is 28.2 Å². The number of rotatable bonds is 2. The van der Waals surface area contributed by atoms with Crippen LogP contribution in [0.25, 0.3) is 10.9 Å². The standard InChI is InChI=1S/C16H13ClN2O/c1-10-2-4-11(5-3-10)20-12-6-7-15-13(8-12)16(17)14(18)9-19-15/h2-9H,18H2,1H3. The van der Waals surface area contributed by atoms with Gasteiger partial charge in [-0.15, -0.1) is 0 Å². The summed E-state index contributed by atoms with van der Waals surface area (Å²) in [7, 11) is 0. The number of nitrogens with two attached hydrogens (primary N) is 1. The smallest absolute Gasteiger partial charge is 0.128 e. The molecule has 1 aromatic heterocycles. The Morgan fingerprint density at radius 3 is 2.50 bits per heavy atom. The van der Waals surface area contributed by atoms with E-state index in [-0.39, 0.29) is 0 Å². The van der Waals surface area contributed by atoms with Crippen LogP contribution in [-0.2, 0) is 0 Å². The zero-order valence-corrected chi connectivity index (χ0v) is 11.7. The predicted molar refractivity (Wildman–Crippen MR) is 82.4 cm³/mol. The van der Waals surface area contributed by atoms with Crippen LogP contribution >= 0.6 is 11.6 Å². The number of nitrogens with zero attached hydrogens (tertiary/aromatic N) is 1. The number of nitrogen functional groups attached to an aromatic ring is 1. The normalized spacial score (nSPS) is 10.7. The molecule has 0 bridgehead atoms. The molecule has 0 radical (unpaired) electrons. The van der Waals surface area contributed by atoms with Gasteiger partial charge in [0, 0.05) is 5.39 Å². The maximum atomic E-state index is 6.20. The third kappa shape index (κ3) is 2.40. The molecule has 0 saturated carbocycles. The molecular formula is C16H13ClN2O. The van der Waals surface area contributed by atoms with Crippen LogP contribution in [0.1, 0.15) is 5.56 Å². The van der Waals surface area contributed by atoms with Gasteiger partial charge in [-0.25, -0.2) is 0 Å². The molecule has 3 aromatic rings. The second-order valence-electron chi connectivity index (χ2n) is 4.62. The summed E-state index contributed by atoms with van der Waals surface area (Å²) in [5.74, 6) is 1.48. The molecule has 20 heavy (non-hydrogen) atoms. The number of halogens is 1. The molecular weight excluding hydrogens is 272 g/mol. The van der Waals surface area contributed by atoms with Crippen molar-refractivity contribution in [1.29, 1.82) is 0 Å². The van der Waals surface area contributed by atoms with Crippen LogP contribution in [-0.4, -0.2) is 4.98 Å². The molecule has 0 aliphatic carbocycles. The van der Waals surface area contributed by atoms with E-state index in [9.17, 15) is 0 Å². The highest BCUT2D eigenvalue weighted by atomic mass is 35.5. The van der Waals surface area contributed by atoms with Crippen molar-refractivity contribution in [2.75, 3.05) is 5.73 Å². The Hall–Kier alpha value is -2.26. The molecule has 2 aromatic carbocycles. The van der Waals surface area contributed by atoms with Crippen molar-refractivity contribution in [2.24, 2.45) is 0 Å². The summed E-state index contributed by atoms with van der Waals surface area (Å²) in [5, 5.41) is 1.29. The summed E-state index contributed by atoms with van der Waals surface area (Å²) < 4.78 is 5.81. The monoisotopic (exact) mass is 284 g/mol. The maximum absolute atomic E-state index is 6.20. The Kier molecular flexibility index (Phi) is 3.20. The third-order valence-electron chi connectivity index (χ3n) is 3.06. The molecule has 3 rings (SSSR count). The predicted octanol–water partition coefficient (Wildman–Crippen LogP) is 4.57. The van der Waals surface area contributed by atoms with Gasteiger partial charge in [0.1, 0.15) is 11.5 Å². The first-order valence-corrected chi connectivity index (χ1v) is 6.59. The Labute approximate surface area is 122 Å². The van der Waals surface area contributed by atoms with Gasteiger partial charge in [-0.3, -0.25) is 4.98 Å². The van der Waals surface area contributed by atoms with E-state index in [1.54, 1.807) is 6.20 Å². The number of ether oxygens (including phenoxy) is 1. The summed E-state index contributed by atoms with van der Waals surface area (Å²) in [6, 6.07) is 13.4. The molecule has 0 aliphatic rings. The van der Waals surface area contributed by atoms with Gasteiger partial charge in [-0.1, -0.05) is 29.3 Å². The second kappa shape index (κ2) is 5.02. The van der Waals surface area contributed by atoms with Crippen LogP contribution in [0.15, 0.2) is 48.7 Å². The van der Waals surface area contributed by atoms with Gasteiger partial charge in [0.05, 0.1) is 22.4 Å². The zero-order chi connectivity index (χ0) is 14.1. The lowest BCUT2D eigenvalue weighted by molar-refractivity contribution is 0.483. The summed E-state index contributed by atoms with van der Waals surface area (Å²) in [6.07, 6.45) is 1.56. The lowest BCUT2D eigenvalue weighted by atomic mass is 10.2. The van der Waals surface area contributed by atoms with Gasteiger partial charge >= 0.3 is 0 Å². The number of aromatic nitrogens is 1. The highest BCUT2D eigenvalue weighted by Crippen LogP contribution is 2.31. The number of fused-ring (bicyclic) bond motifs is 1. The average molecular weight is 285 g/mol. The van der Waals surface area contributed by atoms with Gasteiger partial charge in [0.2, 0.25) is 0 Å². The number of hydrogen-bond acceptors (Lipinski definition) is 3. The highest BCUT2D eigenvalue weighted by Gasteiger charge is 2.06. The Morgan fingerprint density at radius 2 is 1.75 bits per heavy atom. The topological polar surface area (TPSA) is 48.1 Å². The number of hydrogen-bond donors (Lipinski definition) is 1. The Morgan fingerprint density at radius 1 is 1.05 bits per heavy atom. The fraction of sp³-hybridized carbons (Fsp3) is 0.0625. The highest BCUT2D eigenvalue weighted by molar-refractivity contribution is 6.37. The lowest BCUT2D eigenvalue weighted by Crippen LogP contribution is -1.91. The molecule has 1 heterocycles. The minimum atomic E-state index is 0.464. The van der Waals surface area contributed by atoms with Crippen molar-refractivity contribution in [1.82, 2.24) is 4.98 Å².